The van der Waals surface area contributed by atoms with Gasteiger partial charge < -0.3 is 0 Å². The minimum absolute atomic E-state index is 0.0340. The number of benzene rings is 4. The molecule has 0 aromatic heterocycles. The molecule has 4 aromatic rings. The number of hydrogen-bond donors (Lipinski definition) is 1. The fourth-order valence-electron chi connectivity index (χ4n) is 10.1. The van der Waals surface area contributed by atoms with Crippen molar-refractivity contribution < 1.29 is 38.4 Å². The maximum atomic E-state index is 14.5. The summed E-state index contributed by atoms with van der Waals surface area (Å²) in [7, 11) is 0. The number of carbonyl (C=O) groups excluding carboxylic acids is 8. The summed E-state index contributed by atoms with van der Waals surface area (Å²) < 4.78 is 0. The summed E-state index contributed by atoms with van der Waals surface area (Å²) >= 11 is 0. The second kappa shape index (κ2) is 10.8. The van der Waals surface area contributed by atoms with Crippen LogP contribution in [0.25, 0.3) is 21.5 Å². The van der Waals surface area contributed by atoms with Crippen LogP contribution in [0.5, 0.6) is 0 Å². The number of ketones is 2. The highest BCUT2D eigenvalue weighted by Gasteiger charge is 2.50. The lowest BCUT2D eigenvalue weighted by atomic mass is 9.69. The summed E-state index contributed by atoms with van der Waals surface area (Å²) in [6.07, 6.45) is 6.65. The minimum Gasteiger partial charge on any atom is -0.293 e. The number of amides is 6. The second-order valence-corrected chi connectivity index (χ2v) is 14.9. The van der Waals surface area contributed by atoms with Crippen molar-refractivity contribution in [3.8, 4) is 0 Å². The van der Waals surface area contributed by atoms with Gasteiger partial charge in [0.15, 0.2) is 11.6 Å². The Morgan fingerprint density at radius 2 is 0.731 bits per heavy atom. The average molecular weight is 694 g/mol. The van der Waals surface area contributed by atoms with E-state index in [0.29, 0.717) is 47.6 Å². The molecule has 10 rings (SSSR count). The van der Waals surface area contributed by atoms with Crippen molar-refractivity contribution in [2.24, 2.45) is 11.8 Å². The molecule has 0 bridgehead atoms. The van der Waals surface area contributed by atoms with Crippen molar-refractivity contribution in [3.05, 3.63) is 93.0 Å². The van der Waals surface area contributed by atoms with Gasteiger partial charge in [-0.25, -0.2) is 0 Å². The van der Waals surface area contributed by atoms with Gasteiger partial charge in [0.1, 0.15) is 0 Å². The number of nitrogens with zero attached hydrogens (tertiary/aromatic N) is 2. The highest BCUT2D eigenvalue weighted by molar-refractivity contribution is 6.36. The van der Waals surface area contributed by atoms with Crippen LogP contribution in [0.2, 0.25) is 0 Å². The summed E-state index contributed by atoms with van der Waals surface area (Å²) in [4.78, 5) is 113. The fourth-order valence-corrected chi connectivity index (χ4v) is 10.1. The molecule has 2 fully saturated rings. The topological polar surface area (TPSA) is 155 Å². The number of rotatable bonds is 3. The Labute approximate surface area is 296 Å². The third-order valence-electron chi connectivity index (χ3n) is 12.4. The third kappa shape index (κ3) is 3.90. The van der Waals surface area contributed by atoms with Gasteiger partial charge in [0.2, 0.25) is 0 Å². The Morgan fingerprint density at radius 3 is 1.15 bits per heavy atom. The molecule has 6 aliphatic rings. The quantitative estimate of drug-likeness (QED) is 0.213. The molecule has 6 amide bonds. The Balaban J connectivity index is 1.05. The molecular weight excluding hydrogens is 662 g/mol. The van der Waals surface area contributed by atoms with Crippen molar-refractivity contribution in [1.29, 1.82) is 0 Å². The molecule has 3 aliphatic heterocycles. The van der Waals surface area contributed by atoms with Gasteiger partial charge in [-0.05, 0) is 80.1 Å². The van der Waals surface area contributed by atoms with Crippen molar-refractivity contribution in [3.63, 3.8) is 0 Å². The standard InChI is InChI=1S/C41H31N3O8/c45-34-19-10-14-23-32-24(15-11-20(30(19)32)35(46)29(34)18-6-2-1-3-7-18)39(50)43(38(23)49)27-8-4-5-9-28(27)44-40(51)25-16-12-21-31-22(37(48)42-36(21)47)13-17-26(33(25)31)41(44)52/h10-18,27-29H,1-9H2,(H,42,47,48)/t27-,28-/m1/s1. The van der Waals surface area contributed by atoms with E-state index in [-0.39, 0.29) is 61.6 Å². The minimum atomic E-state index is -0.851. The van der Waals surface area contributed by atoms with E-state index < -0.39 is 53.4 Å². The molecule has 3 heterocycles. The molecule has 11 heteroatoms. The molecule has 2 atom stereocenters. The summed E-state index contributed by atoms with van der Waals surface area (Å²) in [5.74, 6) is -5.00. The molecule has 2 saturated carbocycles. The van der Waals surface area contributed by atoms with Crippen LogP contribution in [0.3, 0.4) is 0 Å². The largest absolute Gasteiger partial charge is 0.293 e. The third-order valence-corrected chi connectivity index (χ3v) is 12.4. The first-order chi connectivity index (χ1) is 25.2. The van der Waals surface area contributed by atoms with E-state index in [2.05, 4.69) is 5.32 Å². The van der Waals surface area contributed by atoms with E-state index in [1.807, 2.05) is 0 Å². The van der Waals surface area contributed by atoms with Crippen LogP contribution >= 0.6 is 0 Å². The Bertz CT molecular complexity index is 2340. The molecule has 52 heavy (non-hydrogen) atoms. The number of nitrogens with one attached hydrogen (secondary N) is 1. The van der Waals surface area contributed by atoms with Crippen LogP contribution in [0.15, 0.2) is 48.5 Å². The maximum Gasteiger partial charge on any atom is 0.261 e. The summed E-state index contributed by atoms with van der Waals surface area (Å²) in [5.41, 5.74) is 1.80. The van der Waals surface area contributed by atoms with E-state index >= 15 is 0 Å². The van der Waals surface area contributed by atoms with Crippen molar-refractivity contribution in [1.82, 2.24) is 15.1 Å². The number of Topliss-reactive ketones (excluding diaryl/α,β-unsaturated/α-hetero) is 2. The van der Waals surface area contributed by atoms with Gasteiger partial charge in [-0.15, -0.1) is 0 Å². The van der Waals surface area contributed by atoms with Crippen molar-refractivity contribution >= 4 is 68.6 Å². The molecule has 258 valence electrons. The number of carbonyl (C=O) groups is 8. The molecule has 0 unspecified atom stereocenters. The molecular formula is C41H31N3O8. The maximum absolute atomic E-state index is 14.5. The van der Waals surface area contributed by atoms with Crippen LogP contribution in [0.4, 0.5) is 0 Å². The normalized spacial score (nSPS) is 23.3. The molecule has 4 aromatic carbocycles. The molecule has 0 spiro atoms. The zero-order chi connectivity index (χ0) is 35.7. The molecule has 3 aliphatic carbocycles. The molecule has 0 saturated heterocycles. The van der Waals surface area contributed by atoms with Gasteiger partial charge in [-0.3, -0.25) is 53.5 Å². The van der Waals surface area contributed by atoms with Crippen molar-refractivity contribution in [2.75, 3.05) is 0 Å². The average Bonchev–Trinajstić information content (AvgIpc) is 3.15. The smallest absolute Gasteiger partial charge is 0.261 e. The van der Waals surface area contributed by atoms with E-state index in [0.717, 1.165) is 37.0 Å². The Morgan fingerprint density at radius 1 is 0.404 bits per heavy atom. The zero-order valence-corrected chi connectivity index (χ0v) is 28.0. The van der Waals surface area contributed by atoms with Crippen LogP contribution in [0.1, 0.15) is 141 Å². The lowest BCUT2D eigenvalue weighted by Gasteiger charge is -2.45. The molecule has 0 radical (unpaired) electrons. The van der Waals surface area contributed by atoms with E-state index in [1.165, 1.54) is 29.2 Å². The van der Waals surface area contributed by atoms with E-state index in [9.17, 15) is 38.4 Å². The predicted molar refractivity (Wildman–Crippen MR) is 185 cm³/mol. The van der Waals surface area contributed by atoms with Gasteiger partial charge in [-0.1, -0.05) is 32.1 Å². The van der Waals surface area contributed by atoms with Gasteiger partial charge >= 0.3 is 0 Å². The highest BCUT2D eigenvalue weighted by Crippen LogP contribution is 2.45. The van der Waals surface area contributed by atoms with Crippen molar-refractivity contribution in [2.45, 2.75) is 69.9 Å². The number of imide groups is 3. The van der Waals surface area contributed by atoms with E-state index in [1.54, 1.807) is 24.3 Å². The molecule has 11 nitrogen and oxygen atoms in total. The van der Waals surface area contributed by atoms with Crippen LogP contribution < -0.4 is 5.32 Å². The van der Waals surface area contributed by atoms with Gasteiger partial charge in [-0.2, -0.15) is 0 Å². The van der Waals surface area contributed by atoms with Crippen LogP contribution in [-0.2, 0) is 0 Å². The summed E-state index contributed by atoms with van der Waals surface area (Å²) in [5, 5.41) is 3.44. The SMILES string of the molecule is O=C1NC(=O)c2ccc3c4c(ccc1c24)C(=O)N([C@@H]1CCCC[C@H]1N1C(=O)c2ccc4c5c(ccc(c25)C1=O)C(=O)C(C1CCCCC1)C4=O)C3=O. The molecule has 1 N–H and O–H groups in total. The fraction of sp³-hybridized carbons (Fsp3) is 0.317. The second-order valence-electron chi connectivity index (χ2n) is 14.9. The zero-order valence-electron chi connectivity index (χ0n) is 28.0. The van der Waals surface area contributed by atoms with E-state index in [4.69, 9.17) is 0 Å². The lowest BCUT2D eigenvalue weighted by molar-refractivity contribution is 0.0241. The van der Waals surface area contributed by atoms with Gasteiger partial charge in [0.05, 0.1) is 18.0 Å². The summed E-state index contributed by atoms with van der Waals surface area (Å²) in [6, 6.07) is 10.6. The number of hydrogen-bond acceptors (Lipinski definition) is 8. The van der Waals surface area contributed by atoms with Crippen LogP contribution in [0, 0.1) is 11.8 Å². The first-order valence-corrected chi connectivity index (χ1v) is 18.1. The Kier molecular flexibility index (Phi) is 6.45. The summed E-state index contributed by atoms with van der Waals surface area (Å²) in [6.45, 7) is 0. The first-order valence-electron chi connectivity index (χ1n) is 18.1. The lowest BCUT2D eigenvalue weighted by Crippen LogP contribution is -2.61. The highest BCUT2D eigenvalue weighted by atomic mass is 16.2. The van der Waals surface area contributed by atoms with Crippen LogP contribution in [-0.4, -0.2) is 68.9 Å². The predicted octanol–water partition coefficient (Wildman–Crippen LogP) is 5.66. The Hall–Kier alpha value is -5.84. The van der Waals surface area contributed by atoms with Gasteiger partial charge in [0.25, 0.3) is 35.4 Å². The first kappa shape index (κ1) is 30.9. The van der Waals surface area contributed by atoms with Gasteiger partial charge in [0, 0.05) is 66.1 Å². The monoisotopic (exact) mass is 693 g/mol.